The second kappa shape index (κ2) is 9.68. The molecule has 0 aliphatic carbocycles. The number of rotatable bonds is 2. The van der Waals surface area contributed by atoms with Crippen molar-refractivity contribution in [3.8, 4) is 22.3 Å². The topological polar surface area (TPSA) is 69.8 Å². The summed E-state index contributed by atoms with van der Waals surface area (Å²) in [6.45, 7) is 0. The van der Waals surface area contributed by atoms with Crippen LogP contribution in [0.5, 0.6) is 0 Å². The van der Waals surface area contributed by atoms with Crippen LogP contribution in [0.15, 0.2) is 131 Å². The molecule has 4 aromatic heterocycles. The molecule has 0 bridgehead atoms. The van der Waals surface area contributed by atoms with E-state index >= 15 is 0 Å². The van der Waals surface area contributed by atoms with Gasteiger partial charge in [-0.1, -0.05) is 60.7 Å². The van der Waals surface area contributed by atoms with E-state index in [0.717, 1.165) is 54.8 Å². The molecule has 0 N–H and O–H groups in total. The van der Waals surface area contributed by atoms with Gasteiger partial charge in [0, 0.05) is 82.3 Å². The third-order valence-corrected chi connectivity index (χ3v) is 9.50. The van der Waals surface area contributed by atoms with Crippen molar-refractivity contribution < 1.29 is 0 Å². The van der Waals surface area contributed by atoms with Crippen LogP contribution in [-0.4, -0.2) is 19.1 Å². The van der Waals surface area contributed by atoms with Crippen LogP contribution in [0.2, 0.25) is 0 Å². The molecule has 0 aliphatic rings. The zero-order valence-corrected chi connectivity index (χ0v) is 25.2. The van der Waals surface area contributed by atoms with Gasteiger partial charge in [0.25, 0.3) is 0 Å². The van der Waals surface area contributed by atoms with Crippen LogP contribution in [0.25, 0.3) is 87.4 Å². The van der Waals surface area contributed by atoms with E-state index in [0.29, 0.717) is 32.6 Å². The number of aromatic nitrogens is 4. The van der Waals surface area contributed by atoms with Crippen molar-refractivity contribution in [2.45, 2.75) is 0 Å². The summed E-state index contributed by atoms with van der Waals surface area (Å²) in [7, 11) is 3.95. The van der Waals surface area contributed by atoms with Gasteiger partial charge in [-0.2, -0.15) is 0 Å². The van der Waals surface area contributed by atoms with Crippen LogP contribution in [0.3, 0.4) is 0 Å². The van der Waals surface area contributed by atoms with Gasteiger partial charge in [-0.05, 0) is 58.3 Å². The van der Waals surface area contributed by atoms with Crippen molar-refractivity contribution in [3.05, 3.63) is 142 Å². The Morgan fingerprint density at radius 2 is 0.870 bits per heavy atom. The fourth-order valence-corrected chi connectivity index (χ4v) is 7.35. The lowest BCUT2D eigenvalue weighted by Crippen LogP contribution is -2.14. The maximum Gasteiger partial charge on any atom is 0.197 e. The molecule has 4 heterocycles. The Balaban J connectivity index is 1.39. The lowest BCUT2D eigenvalue weighted by molar-refractivity contribution is 0.995. The predicted molar refractivity (Wildman–Crippen MR) is 188 cm³/mol. The molecule has 218 valence electrons. The fraction of sp³-hybridized carbons (Fsp3) is 0.0500. The molecule has 0 saturated heterocycles. The van der Waals surface area contributed by atoms with Gasteiger partial charge in [-0.15, -0.1) is 0 Å². The first-order valence-electron chi connectivity index (χ1n) is 15.2. The summed E-state index contributed by atoms with van der Waals surface area (Å²) in [4.78, 5) is 37.2. The van der Waals surface area contributed by atoms with Crippen molar-refractivity contribution >= 4 is 65.2 Å². The monoisotopic (exact) mass is 594 g/mol. The Labute approximate surface area is 262 Å². The molecule has 0 unspecified atom stereocenters. The van der Waals surface area contributed by atoms with E-state index in [-0.39, 0.29) is 10.9 Å². The maximum atomic E-state index is 14.3. The average Bonchev–Trinajstić information content (AvgIpc) is 3.11. The summed E-state index contributed by atoms with van der Waals surface area (Å²) < 4.78 is 4.12. The smallest absolute Gasteiger partial charge is 0.197 e. The van der Waals surface area contributed by atoms with E-state index in [1.807, 2.05) is 99.3 Å². The van der Waals surface area contributed by atoms with Gasteiger partial charge >= 0.3 is 0 Å². The van der Waals surface area contributed by atoms with Crippen molar-refractivity contribution in [2.24, 2.45) is 14.1 Å². The summed E-state index contributed by atoms with van der Waals surface area (Å²) >= 11 is 0. The van der Waals surface area contributed by atoms with Crippen molar-refractivity contribution in [2.75, 3.05) is 0 Å². The molecular formula is C40H26N4O2. The zero-order valence-electron chi connectivity index (χ0n) is 25.2. The number of pyridine rings is 4. The Hall–Kier alpha value is -6.14. The van der Waals surface area contributed by atoms with E-state index in [4.69, 9.17) is 0 Å². The Kier molecular flexibility index (Phi) is 5.53. The number of fused-ring (bicyclic) bond motifs is 6. The third kappa shape index (κ3) is 3.58. The van der Waals surface area contributed by atoms with Crippen molar-refractivity contribution in [1.29, 1.82) is 0 Å². The fourth-order valence-electron chi connectivity index (χ4n) is 7.35. The van der Waals surface area contributed by atoms with Gasteiger partial charge in [0.05, 0.1) is 22.1 Å². The summed E-state index contributed by atoms with van der Waals surface area (Å²) in [5.41, 5.74) is 6.94. The molecule has 0 atom stereocenters. The van der Waals surface area contributed by atoms with Gasteiger partial charge < -0.3 is 9.13 Å². The van der Waals surface area contributed by atoms with E-state index in [1.54, 1.807) is 12.4 Å². The molecule has 0 amide bonds. The molecule has 0 spiro atoms. The first kappa shape index (κ1) is 26.3. The van der Waals surface area contributed by atoms with Gasteiger partial charge in [-0.25, -0.2) is 0 Å². The van der Waals surface area contributed by atoms with Crippen LogP contribution >= 0.6 is 0 Å². The molecule has 0 radical (unpaired) electrons. The largest absolute Gasteiger partial charge is 0.343 e. The van der Waals surface area contributed by atoms with Crippen LogP contribution in [-0.2, 0) is 14.1 Å². The third-order valence-electron chi connectivity index (χ3n) is 9.50. The zero-order chi connectivity index (χ0) is 31.1. The summed E-state index contributed by atoms with van der Waals surface area (Å²) in [6, 6.07) is 31.9. The second-order valence-corrected chi connectivity index (χ2v) is 11.9. The van der Waals surface area contributed by atoms with Crippen LogP contribution in [0.4, 0.5) is 0 Å². The molecule has 5 aromatic carbocycles. The molecule has 0 aliphatic heterocycles. The minimum absolute atomic E-state index is 0.0591. The van der Waals surface area contributed by atoms with Gasteiger partial charge in [-0.3, -0.25) is 19.6 Å². The van der Waals surface area contributed by atoms with E-state index in [1.165, 1.54) is 0 Å². The first-order chi connectivity index (χ1) is 22.5. The Bertz CT molecular complexity index is 2670. The van der Waals surface area contributed by atoms with Crippen molar-refractivity contribution in [3.63, 3.8) is 0 Å². The number of aryl methyl sites for hydroxylation is 2. The minimum atomic E-state index is -0.0591. The highest BCUT2D eigenvalue weighted by Gasteiger charge is 2.19. The Morgan fingerprint density at radius 3 is 1.33 bits per heavy atom. The summed E-state index contributed by atoms with van der Waals surface area (Å²) in [6.07, 6.45) is 7.29. The average molecular weight is 595 g/mol. The van der Waals surface area contributed by atoms with E-state index < -0.39 is 0 Å². The minimum Gasteiger partial charge on any atom is -0.343 e. The Morgan fingerprint density at radius 1 is 0.457 bits per heavy atom. The number of hydrogen-bond acceptors (Lipinski definition) is 4. The molecular weight excluding hydrogens is 568 g/mol. The molecule has 9 aromatic rings. The molecule has 0 fully saturated rings. The van der Waals surface area contributed by atoms with Crippen molar-refractivity contribution in [1.82, 2.24) is 19.1 Å². The van der Waals surface area contributed by atoms with Crippen LogP contribution in [0.1, 0.15) is 0 Å². The summed E-state index contributed by atoms with van der Waals surface area (Å²) in [5, 5.41) is 6.61. The maximum absolute atomic E-state index is 14.3. The highest BCUT2D eigenvalue weighted by Crippen LogP contribution is 2.36. The molecule has 0 saturated carbocycles. The second-order valence-electron chi connectivity index (χ2n) is 11.9. The predicted octanol–water partition coefficient (Wildman–Crippen LogP) is 8.13. The highest BCUT2D eigenvalue weighted by molar-refractivity contribution is 6.11. The number of benzene rings is 5. The quantitative estimate of drug-likeness (QED) is 0.190. The molecule has 9 rings (SSSR count). The standard InChI is InChI=1S/C40H26N4O2/c1-43-35-19-34-36(44(2)38-30(12-6-14-32(38)40(34)46)28-10-4-8-24-22-42-18-16-26(24)28)20-33(35)39(45)31-13-5-11-29(37(31)43)27-9-3-7-23-21-41-17-15-25(23)27/h3-22H,1-2H3. The van der Waals surface area contributed by atoms with Crippen LogP contribution in [0, 0.1) is 0 Å². The lowest BCUT2D eigenvalue weighted by atomic mass is 9.95. The summed E-state index contributed by atoms with van der Waals surface area (Å²) in [5.74, 6) is 0. The number of para-hydroxylation sites is 2. The molecule has 6 nitrogen and oxygen atoms in total. The lowest BCUT2D eigenvalue weighted by Gasteiger charge is -2.18. The SMILES string of the molecule is Cn1c2cc3c(=O)c4cccc(-c5cccc6cnccc56)c4n(C)c3cc2c(=O)c2cccc(-c3cccc4cnccc34)c21. The van der Waals surface area contributed by atoms with Crippen LogP contribution < -0.4 is 10.9 Å². The van der Waals surface area contributed by atoms with Gasteiger partial charge in [0.2, 0.25) is 0 Å². The normalized spacial score (nSPS) is 11.9. The first-order valence-corrected chi connectivity index (χ1v) is 15.2. The van der Waals surface area contributed by atoms with Gasteiger partial charge in [0.15, 0.2) is 10.9 Å². The van der Waals surface area contributed by atoms with Gasteiger partial charge in [0.1, 0.15) is 0 Å². The number of hydrogen-bond donors (Lipinski definition) is 0. The molecule has 6 heteroatoms. The highest BCUT2D eigenvalue weighted by atomic mass is 16.1. The van der Waals surface area contributed by atoms with E-state index in [2.05, 4.69) is 43.4 Å². The molecule has 46 heavy (non-hydrogen) atoms. The number of nitrogens with zero attached hydrogens (tertiary/aromatic N) is 4. The van der Waals surface area contributed by atoms with E-state index in [9.17, 15) is 9.59 Å².